The number of benzene rings is 2. The molecule has 11 heteroatoms. The van der Waals surface area contributed by atoms with E-state index in [-0.39, 0.29) is 18.8 Å². The van der Waals surface area contributed by atoms with Crippen LogP contribution in [0.1, 0.15) is 50.4 Å². The molecule has 2 aromatic carbocycles. The number of carbonyl (C=O) groups is 4. The Hall–Kier alpha value is -4.93. The second-order valence-electron chi connectivity index (χ2n) is 11.3. The summed E-state index contributed by atoms with van der Waals surface area (Å²) >= 11 is 0. The highest BCUT2D eigenvalue weighted by molar-refractivity contribution is 6.07. The number of carboxylic acids is 1. The van der Waals surface area contributed by atoms with Crippen LogP contribution in [0.4, 0.5) is 15.4 Å². The minimum absolute atomic E-state index is 0.0357. The highest BCUT2D eigenvalue weighted by atomic mass is 16.6. The summed E-state index contributed by atoms with van der Waals surface area (Å²) in [6.07, 6.45) is 0.904. The summed E-state index contributed by atoms with van der Waals surface area (Å²) in [6, 6.07) is 17.1. The van der Waals surface area contributed by atoms with Crippen molar-refractivity contribution in [2.45, 2.75) is 58.3 Å². The van der Waals surface area contributed by atoms with Crippen LogP contribution in [0.15, 0.2) is 72.9 Å². The number of likely N-dealkylation sites (tertiary alicyclic amines) is 1. The number of pyridine rings is 1. The van der Waals surface area contributed by atoms with Gasteiger partial charge < -0.3 is 19.9 Å². The molecule has 4 amide bonds. The van der Waals surface area contributed by atoms with Crippen molar-refractivity contribution in [1.82, 2.24) is 15.2 Å². The molecule has 0 saturated carbocycles. The molecule has 2 N–H and O–H groups in total. The Kier molecular flexibility index (Phi) is 9.33. The summed E-state index contributed by atoms with van der Waals surface area (Å²) in [7, 11) is 1.57. The number of aliphatic carboxylic acids is 1. The normalized spacial score (nSPS) is 17.0. The van der Waals surface area contributed by atoms with Crippen LogP contribution in [-0.2, 0) is 27.3 Å². The Morgan fingerprint density at radius 3 is 2.33 bits per heavy atom. The number of urea groups is 1. The number of ether oxygens (including phenoxy) is 2. The van der Waals surface area contributed by atoms with E-state index in [1.165, 1.54) is 11.1 Å². The standard InChI is InChI=1S/C32H36N4O7/c1-20(23-9-7-6-8-10-23)34-30(40)36-27(29(38)39)25(28(36)37)17-22-15-16-33-26(18-22)35(31(41)43-32(2,3)4)19-21-11-13-24(42-5)14-12-21/h6-16,18,20,25,27H,17,19H2,1-5H3,(H,34,40)(H,38,39)/t20?,25-,27+/m1/s1. The number of imide groups is 1. The number of methoxy groups -OCH3 is 1. The second kappa shape index (κ2) is 12.9. The van der Waals surface area contributed by atoms with Crippen LogP contribution in [0.5, 0.6) is 5.75 Å². The molecule has 1 fully saturated rings. The molecule has 226 valence electrons. The van der Waals surface area contributed by atoms with Crippen LogP contribution in [-0.4, -0.2) is 57.7 Å². The van der Waals surface area contributed by atoms with Gasteiger partial charge in [0.1, 0.15) is 17.2 Å². The van der Waals surface area contributed by atoms with Crippen molar-refractivity contribution in [2.24, 2.45) is 5.92 Å². The number of nitrogens with zero attached hydrogens (tertiary/aromatic N) is 3. The van der Waals surface area contributed by atoms with Crippen molar-refractivity contribution in [2.75, 3.05) is 12.0 Å². The first-order chi connectivity index (χ1) is 20.4. The van der Waals surface area contributed by atoms with Gasteiger partial charge in [-0.2, -0.15) is 0 Å². The van der Waals surface area contributed by atoms with E-state index < -0.39 is 47.6 Å². The maximum Gasteiger partial charge on any atom is 0.416 e. The van der Waals surface area contributed by atoms with Crippen molar-refractivity contribution in [3.05, 3.63) is 89.6 Å². The third-order valence-electron chi connectivity index (χ3n) is 6.98. The second-order valence-corrected chi connectivity index (χ2v) is 11.3. The zero-order valence-corrected chi connectivity index (χ0v) is 24.8. The molecule has 0 radical (unpaired) electrons. The lowest BCUT2D eigenvalue weighted by Crippen LogP contribution is -2.68. The van der Waals surface area contributed by atoms with E-state index >= 15 is 0 Å². The van der Waals surface area contributed by atoms with E-state index in [1.807, 2.05) is 42.5 Å². The Balaban J connectivity index is 1.53. The fraction of sp³-hybridized carbons (Fsp3) is 0.344. The molecule has 1 aliphatic heterocycles. The number of aromatic nitrogens is 1. The van der Waals surface area contributed by atoms with Crippen LogP contribution >= 0.6 is 0 Å². The molecule has 2 heterocycles. The summed E-state index contributed by atoms with van der Waals surface area (Å²) in [5.74, 6) is -1.90. The minimum Gasteiger partial charge on any atom is -0.497 e. The summed E-state index contributed by atoms with van der Waals surface area (Å²) in [5.41, 5.74) is 1.43. The smallest absolute Gasteiger partial charge is 0.416 e. The van der Waals surface area contributed by atoms with E-state index in [4.69, 9.17) is 9.47 Å². The van der Waals surface area contributed by atoms with Gasteiger partial charge in [-0.3, -0.25) is 9.69 Å². The largest absolute Gasteiger partial charge is 0.497 e. The summed E-state index contributed by atoms with van der Waals surface area (Å²) < 4.78 is 10.9. The minimum atomic E-state index is -1.34. The number of rotatable bonds is 9. The molecule has 0 spiro atoms. The number of carbonyl (C=O) groups excluding carboxylic acids is 3. The SMILES string of the molecule is COc1ccc(CN(C(=O)OC(C)(C)C)c2cc(C[C@H]3C(=O)N(C(=O)NC(C)c4ccccc4)[C@@H]3C(=O)O)ccn2)cc1. The van der Waals surface area contributed by atoms with Gasteiger partial charge >= 0.3 is 18.1 Å². The molecule has 43 heavy (non-hydrogen) atoms. The topological polar surface area (TPSA) is 138 Å². The van der Waals surface area contributed by atoms with Crippen LogP contribution < -0.4 is 15.0 Å². The number of β-lactam (4-membered cyclic amide) rings is 1. The van der Waals surface area contributed by atoms with Gasteiger partial charge in [-0.25, -0.2) is 24.3 Å². The van der Waals surface area contributed by atoms with Gasteiger partial charge in [0.2, 0.25) is 5.91 Å². The predicted molar refractivity (Wildman–Crippen MR) is 159 cm³/mol. The lowest BCUT2D eigenvalue weighted by atomic mass is 9.82. The van der Waals surface area contributed by atoms with Crippen molar-refractivity contribution < 1.29 is 33.8 Å². The highest BCUT2D eigenvalue weighted by Crippen LogP contribution is 2.32. The van der Waals surface area contributed by atoms with E-state index in [0.29, 0.717) is 11.3 Å². The maximum atomic E-state index is 13.2. The van der Waals surface area contributed by atoms with Crippen molar-refractivity contribution in [1.29, 1.82) is 0 Å². The number of hydrogen-bond donors (Lipinski definition) is 2. The van der Waals surface area contributed by atoms with E-state index in [0.717, 1.165) is 16.0 Å². The molecule has 0 aliphatic carbocycles. The van der Waals surface area contributed by atoms with Crippen molar-refractivity contribution in [3.63, 3.8) is 0 Å². The lowest BCUT2D eigenvalue weighted by Gasteiger charge is -2.43. The van der Waals surface area contributed by atoms with E-state index in [1.54, 1.807) is 59.1 Å². The first kappa shape index (κ1) is 31.0. The van der Waals surface area contributed by atoms with Crippen LogP contribution in [0.25, 0.3) is 0 Å². The quantitative estimate of drug-likeness (QED) is 0.335. The Morgan fingerprint density at radius 2 is 1.72 bits per heavy atom. The third kappa shape index (κ3) is 7.48. The molecule has 1 saturated heterocycles. The molecule has 1 unspecified atom stereocenters. The number of hydrogen-bond acceptors (Lipinski definition) is 7. The number of carboxylic acid groups (broad SMARTS) is 1. The maximum absolute atomic E-state index is 13.2. The third-order valence-corrected chi connectivity index (χ3v) is 6.98. The van der Waals surface area contributed by atoms with Crippen LogP contribution in [0, 0.1) is 5.92 Å². The van der Waals surface area contributed by atoms with Gasteiger partial charge in [-0.1, -0.05) is 42.5 Å². The number of nitrogens with one attached hydrogen (secondary N) is 1. The predicted octanol–water partition coefficient (Wildman–Crippen LogP) is 4.96. The summed E-state index contributed by atoms with van der Waals surface area (Å²) in [6.45, 7) is 7.18. The van der Waals surface area contributed by atoms with Crippen molar-refractivity contribution >= 4 is 29.8 Å². The first-order valence-corrected chi connectivity index (χ1v) is 13.9. The first-order valence-electron chi connectivity index (χ1n) is 13.9. The lowest BCUT2D eigenvalue weighted by molar-refractivity contribution is -0.165. The fourth-order valence-electron chi connectivity index (χ4n) is 4.80. The monoisotopic (exact) mass is 588 g/mol. The average molecular weight is 589 g/mol. The molecular formula is C32H36N4O7. The average Bonchev–Trinajstić information content (AvgIpc) is 2.96. The van der Waals surface area contributed by atoms with Gasteiger partial charge in [0, 0.05) is 6.20 Å². The molecule has 1 aliphatic rings. The van der Waals surface area contributed by atoms with Gasteiger partial charge in [0.25, 0.3) is 0 Å². The summed E-state index contributed by atoms with van der Waals surface area (Å²) in [4.78, 5) is 58.0. The number of anilines is 1. The highest BCUT2D eigenvalue weighted by Gasteiger charge is 2.54. The van der Waals surface area contributed by atoms with Crippen LogP contribution in [0.3, 0.4) is 0 Å². The Labute approximate surface area is 250 Å². The fourth-order valence-corrected chi connectivity index (χ4v) is 4.80. The summed E-state index contributed by atoms with van der Waals surface area (Å²) in [5, 5.41) is 12.6. The van der Waals surface area contributed by atoms with E-state index in [9.17, 15) is 24.3 Å². The Morgan fingerprint density at radius 1 is 1.05 bits per heavy atom. The molecule has 3 atom stereocenters. The molecule has 3 aromatic rings. The zero-order chi connectivity index (χ0) is 31.3. The van der Waals surface area contributed by atoms with Crippen LogP contribution in [0.2, 0.25) is 0 Å². The molecular weight excluding hydrogens is 552 g/mol. The van der Waals surface area contributed by atoms with Gasteiger partial charge in [0.05, 0.1) is 25.6 Å². The van der Waals surface area contributed by atoms with Crippen molar-refractivity contribution in [3.8, 4) is 5.75 Å². The molecule has 0 bridgehead atoms. The zero-order valence-electron chi connectivity index (χ0n) is 24.8. The molecule has 11 nitrogen and oxygen atoms in total. The Bertz CT molecular complexity index is 1470. The van der Waals surface area contributed by atoms with Gasteiger partial charge in [0.15, 0.2) is 6.04 Å². The number of amides is 4. The van der Waals surface area contributed by atoms with E-state index in [2.05, 4.69) is 10.3 Å². The van der Waals surface area contributed by atoms with Gasteiger partial charge in [-0.05, 0) is 75.1 Å². The molecule has 4 rings (SSSR count). The molecule has 1 aromatic heterocycles. The van der Waals surface area contributed by atoms with Gasteiger partial charge in [-0.15, -0.1) is 0 Å².